The second kappa shape index (κ2) is 5.09. The van der Waals surface area contributed by atoms with Gasteiger partial charge in [-0.2, -0.15) is 5.26 Å². The molecule has 3 nitrogen and oxygen atoms in total. The normalized spacial score (nSPS) is 10.6. The molecule has 3 rings (SSSR count). The average molecular weight is 288 g/mol. The summed E-state index contributed by atoms with van der Waals surface area (Å²) in [4.78, 5) is 0. The minimum Gasteiger partial charge on any atom is -0.507 e. The zero-order valence-electron chi connectivity index (χ0n) is 12.6. The van der Waals surface area contributed by atoms with Gasteiger partial charge in [-0.3, -0.25) is 0 Å². The molecule has 1 N–H and O–H groups in total. The van der Waals surface area contributed by atoms with Crippen molar-refractivity contribution in [2.45, 2.75) is 13.8 Å². The lowest BCUT2D eigenvalue weighted by Gasteiger charge is -2.08. The molecule has 3 aromatic rings. The van der Waals surface area contributed by atoms with Gasteiger partial charge < -0.3 is 9.51 Å². The average Bonchev–Trinajstić information content (AvgIpc) is 2.90. The van der Waals surface area contributed by atoms with E-state index < -0.39 is 0 Å². The van der Waals surface area contributed by atoms with Crippen LogP contribution in [0.3, 0.4) is 0 Å². The first kappa shape index (κ1) is 14.0. The van der Waals surface area contributed by atoms with Crippen molar-refractivity contribution in [1.29, 1.82) is 5.26 Å². The van der Waals surface area contributed by atoms with Crippen LogP contribution in [0.5, 0.6) is 5.75 Å². The minimum atomic E-state index is 0.185. The molecule has 0 bridgehead atoms. The van der Waals surface area contributed by atoms with E-state index in [2.05, 4.69) is 12.6 Å². The number of rotatable bonds is 2. The van der Waals surface area contributed by atoms with E-state index in [4.69, 9.17) is 0 Å². The van der Waals surface area contributed by atoms with E-state index in [0.717, 1.165) is 27.9 Å². The standard InChI is InChI=1S/C19H16N2O/c1-4-14-5-6-15(10-18(14)22)17-9-16(11-20)19-13(3)12(2)7-8-21(17)19/h4-10,22H,1H2,2-3H3. The van der Waals surface area contributed by atoms with Gasteiger partial charge in [-0.1, -0.05) is 24.8 Å². The lowest BCUT2D eigenvalue weighted by atomic mass is 10.1. The van der Waals surface area contributed by atoms with Gasteiger partial charge in [-0.15, -0.1) is 0 Å². The van der Waals surface area contributed by atoms with Crippen LogP contribution < -0.4 is 0 Å². The molecule has 2 heterocycles. The number of aromatic nitrogens is 1. The third kappa shape index (κ3) is 1.97. The van der Waals surface area contributed by atoms with Gasteiger partial charge in [0.05, 0.1) is 16.8 Å². The third-order valence-corrected chi connectivity index (χ3v) is 4.12. The first-order valence-corrected chi connectivity index (χ1v) is 7.04. The van der Waals surface area contributed by atoms with Gasteiger partial charge in [-0.05, 0) is 43.2 Å². The van der Waals surface area contributed by atoms with Crippen LogP contribution in [0.4, 0.5) is 0 Å². The van der Waals surface area contributed by atoms with E-state index in [1.165, 1.54) is 0 Å². The molecule has 0 radical (unpaired) electrons. The summed E-state index contributed by atoms with van der Waals surface area (Å²) in [6, 6.07) is 11.6. The molecule has 0 spiro atoms. The number of phenols is 1. The Balaban J connectivity index is 2.33. The smallest absolute Gasteiger partial charge is 0.123 e. The monoisotopic (exact) mass is 288 g/mol. The number of nitriles is 1. The van der Waals surface area contributed by atoms with Gasteiger partial charge >= 0.3 is 0 Å². The molecule has 0 atom stereocenters. The zero-order valence-corrected chi connectivity index (χ0v) is 12.6. The molecule has 3 heteroatoms. The SMILES string of the molecule is C=Cc1ccc(-c2cc(C#N)c3c(C)c(C)ccn23)cc1O. The summed E-state index contributed by atoms with van der Waals surface area (Å²) in [5, 5.41) is 19.5. The summed E-state index contributed by atoms with van der Waals surface area (Å²) in [5.41, 5.74) is 6.25. The highest BCUT2D eigenvalue weighted by atomic mass is 16.3. The zero-order chi connectivity index (χ0) is 15.9. The second-order valence-electron chi connectivity index (χ2n) is 5.38. The fourth-order valence-corrected chi connectivity index (χ4v) is 2.74. The molecule has 0 unspecified atom stereocenters. The van der Waals surface area contributed by atoms with Crippen LogP contribution in [0.15, 0.2) is 43.1 Å². The molecule has 0 aliphatic carbocycles. The lowest BCUT2D eigenvalue weighted by Crippen LogP contribution is -1.93. The van der Waals surface area contributed by atoms with E-state index in [1.807, 2.05) is 48.7 Å². The largest absolute Gasteiger partial charge is 0.507 e. The van der Waals surface area contributed by atoms with Gasteiger partial charge in [0, 0.05) is 17.3 Å². The topological polar surface area (TPSA) is 48.4 Å². The molecule has 0 aliphatic rings. The van der Waals surface area contributed by atoms with Crippen molar-refractivity contribution in [3.05, 3.63) is 65.4 Å². The van der Waals surface area contributed by atoms with E-state index in [1.54, 1.807) is 12.1 Å². The van der Waals surface area contributed by atoms with E-state index in [9.17, 15) is 10.4 Å². The summed E-state index contributed by atoms with van der Waals surface area (Å²) < 4.78 is 2.00. The number of benzene rings is 1. The Morgan fingerprint density at radius 3 is 2.64 bits per heavy atom. The molecule has 2 aromatic heterocycles. The summed E-state index contributed by atoms with van der Waals surface area (Å²) in [7, 11) is 0. The number of aryl methyl sites for hydroxylation is 2. The maximum atomic E-state index is 10.0. The highest BCUT2D eigenvalue weighted by Gasteiger charge is 2.14. The molecule has 0 amide bonds. The molecular formula is C19H16N2O. The van der Waals surface area contributed by atoms with Gasteiger partial charge in [0.15, 0.2) is 0 Å². The molecule has 0 saturated heterocycles. The lowest BCUT2D eigenvalue weighted by molar-refractivity contribution is 0.474. The van der Waals surface area contributed by atoms with Gasteiger partial charge in [0.25, 0.3) is 0 Å². The van der Waals surface area contributed by atoms with Crippen molar-refractivity contribution >= 4 is 11.6 Å². The Labute approximate surface area is 129 Å². The number of nitrogens with zero attached hydrogens (tertiary/aromatic N) is 2. The van der Waals surface area contributed by atoms with Crippen molar-refractivity contribution in [3.63, 3.8) is 0 Å². The van der Waals surface area contributed by atoms with Gasteiger partial charge in [-0.25, -0.2) is 0 Å². The maximum absolute atomic E-state index is 10.0. The fourth-order valence-electron chi connectivity index (χ4n) is 2.74. The van der Waals surface area contributed by atoms with E-state index in [0.29, 0.717) is 11.1 Å². The number of aromatic hydroxyl groups is 1. The molecule has 108 valence electrons. The van der Waals surface area contributed by atoms with Crippen molar-refractivity contribution in [2.75, 3.05) is 0 Å². The third-order valence-electron chi connectivity index (χ3n) is 4.12. The molecule has 0 saturated carbocycles. The summed E-state index contributed by atoms with van der Waals surface area (Å²) in [6.45, 7) is 7.73. The van der Waals surface area contributed by atoms with Crippen molar-refractivity contribution in [2.24, 2.45) is 0 Å². The van der Waals surface area contributed by atoms with E-state index in [-0.39, 0.29) is 5.75 Å². The van der Waals surface area contributed by atoms with Crippen molar-refractivity contribution < 1.29 is 5.11 Å². The quantitative estimate of drug-likeness (QED) is 0.757. The number of fused-ring (bicyclic) bond motifs is 1. The van der Waals surface area contributed by atoms with Crippen LogP contribution in [-0.2, 0) is 0 Å². The van der Waals surface area contributed by atoms with Crippen molar-refractivity contribution in [3.8, 4) is 23.1 Å². The molecule has 1 aromatic carbocycles. The van der Waals surface area contributed by atoms with Crippen molar-refractivity contribution in [1.82, 2.24) is 4.40 Å². The van der Waals surface area contributed by atoms with Gasteiger partial charge in [0.1, 0.15) is 11.8 Å². The molecule has 0 aliphatic heterocycles. The van der Waals surface area contributed by atoms with Crippen LogP contribution in [-0.4, -0.2) is 9.51 Å². The highest BCUT2D eigenvalue weighted by molar-refractivity contribution is 5.78. The second-order valence-corrected chi connectivity index (χ2v) is 5.38. The molecular weight excluding hydrogens is 272 g/mol. The number of hydrogen-bond donors (Lipinski definition) is 1. The minimum absolute atomic E-state index is 0.185. The number of pyridine rings is 1. The van der Waals surface area contributed by atoms with Crippen LogP contribution in [0, 0.1) is 25.2 Å². The van der Waals surface area contributed by atoms with Crippen LogP contribution in [0.25, 0.3) is 22.9 Å². The first-order chi connectivity index (χ1) is 10.6. The Hall–Kier alpha value is -2.99. The number of hydrogen-bond acceptors (Lipinski definition) is 2. The van der Waals surface area contributed by atoms with Crippen LogP contribution in [0.2, 0.25) is 0 Å². The maximum Gasteiger partial charge on any atom is 0.123 e. The van der Waals surface area contributed by atoms with Crippen LogP contribution in [0.1, 0.15) is 22.3 Å². The first-order valence-electron chi connectivity index (χ1n) is 7.04. The fraction of sp³-hybridized carbons (Fsp3) is 0.105. The summed E-state index contributed by atoms with van der Waals surface area (Å²) in [5.74, 6) is 0.185. The number of phenolic OH excluding ortho intramolecular Hbond substituents is 1. The highest BCUT2D eigenvalue weighted by Crippen LogP contribution is 2.32. The Kier molecular flexibility index (Phi) is 3.23. The molecule has 22 heavy (non-hydrogen) atoms. The predicted molar refractivity (Wildman–Crippen MR) is 88.8 cm³/mol. The Morgan fingerprint density at radius 2 is 2.00 bits per heavy atom. The van der Waals surface area contributed by atoms with E-state index >= 15 is 0 Å². The van der Waals surface area contributed by atoms with Gasteiger partial charge in [0.2, 0.25) is 0 Å². The van der Waals surface area contributed by atoms with Crippen LogP contribution >= 0.6 is 0 Å². The molecule has 0 fully saturated rings. The Bertz CT molecular complexity index is 942. The summed E-state index contributed by atoms with van der Waals surface area (Å²) >= 11 is 0. The predicted octanol–water partition coefficient (Wildman–Crippen LogP) is 4.44. The summed E-state index contributed by atoms with van der Waals surface area (Å²) in [6.07, 6.45) is 3.58. The Morgan fingerprint density at radius 1 is 1.23 bits per heavy atom.